The second-order valence-corrected chi connectivity index (χ2v) is 6.77. The van der Waals surface area contributed by atoms with Gasteiger partial charge in [-0.05, 0) is 70.6 Å². The van der Waals surface area contributed by atoms with Crippen LogP contribution in [0.1, 0.15) is 46.0 Å². The molecule has 2 heterocycles. The van der Waals surface area contributed by atoms with Crippen LogP contribution >= 0.6 is 24.8 Å². The second kappa shape index (κ2) is 11.5. The zero-order valence-corrected chi connectivity index (χ0v) is 15.6. The Kier molecular flexibility index (Phi) is 11.5. The van der Waals surface area contributed by atoms with E-state index in [-0.39, 0.29) is 30.7 Å². The van der Waals surface area contributed by atoms with Crippen LogP contribution in [0, 0.1) is 11.8 Å². The van der Waals surface area contributed by atoms with Crippen LogP contribution in [0.3, 0.4) is 0 Å². The number of halogens is 2. The van der Waals surface area contributed by atoms with Gasteiger partial charge >= 0.3 is 0 Å². The summed E-state index contributed by atoms with van der Waals surface area (Å²) in [6.07, 6.45) is 5.56. The molecular weight excluding hydrogens is 321 g/mol. The molecule has 0 saturated carbocycles. The zero-order valence-electron chi connectivity index (χ0n) is 14.0. The number of likely N-dealkylation sites (tertiary alicyclic amines) is 1. The van der Waals surface area contributed by atoms with Crippen LogP contribution in [-0.4, -0.2) is 49.6 Å². The predicted molar refractivity (Wildman–Crippen MR) is 97.1 cm³/mol. The number of carbonyl (C=O) groups is 1. The Labute approximate surface area is 148 Å². The van der Waals surface area contributed by atoms with Gasteiger partial charge in [-0.3, -0.25) is 9.69 Å². The van der Waals surface area contributed by atoms with Gasteiger partial charge in [0.15, 0.2) is 0 Å². The summed E-state index contributed by atoms with van der Waals surface area (Å²) in [6.45, 7) is 9.96. The largest absolute Gasteiger partial charge is 0.355 e. The van der Waals surface area contributed by atoms with Crippen molar-refractivity contribution in [1.82, 2.24) is 15.5 Å². The van der Waals surface area contributed by atoms with Crippen LogP contribution in [0.5, 0.6) is 0 Å². The average Bonchev–Trinajstić information content (AvgIpc) is 2.96. The molecule has 2 N–H and O–H groups in total. The molecule has 0 spiro atoms. The normalized spacial score (nSPS) is 24.2. The molecule has 1 amide bonds. The van der Waals surface area contributed by atoms with Gasteiger partial charge in [-0.2, -0.15) is 0 Å². The van der Waals surface area contributed by atoms with E-state index in [1.54, 1.807) is 0 Å². The summed E-state index contributed by atoms with van der Waals surface area (Å²) in [7, 11) is 0. The van der Waals surface area contributed by atoms with E-state index >= 15 is 0 Å². The molecule has 2 fully saturated rings. The standard InChI is InChI=1S/C16H31N3O.2ClH/c1-13-6-9-19(10-7-13)14(2)11-18-16(20)4-3-15-5-8-17-12-15;;/h13-15,17H,3-12H2,1-2H3,(H,18,20);2*1H. The summed E-state index contributed by atoms with van der Waals surface area (Å²) in [5.74, 6) is 1.81. The number of hydrogen-bond acceptors (Lipinski definition) is 3. The van der Waals surface area contributed by atoms with Crippen molar-refractivity contribution in [3.05, 3.63) is 0 Å². The highest BCUT2D eigenvalue weighted by atomic mass is 35.5. The molecule has 22 heavy (non-hydrogen) atoms. The highest BCUT2D eigenvalue weighted by Gasteiger charge is 2.21. The van der Waals surface area contributed by atoms with Gasteiger partial charge < -0.3 is 10.6 Å². The fourth-order valence-corrected chi connectivity index (χ4v) is 3.24. The molecule has 0 aliphatic carbocycles. The van der Waals surface area contributed by atoms with Gasteiger partial charge in [-0.25, -0.2) is 0 Å². The Hall–Kier alpha value is -0.0300. The number of rotatable bonds is 6. The van der Waals surface area contributed by atoms with Gasteiger partial charge in [0.05, 0.1) is 0 Å². The molecule has 2 atom stereocenters. The van der Waals surface area contributed by atoms with Crippen LogP contribution in [0.4, 0.5) is 0 Å². The van der Waals surface area contributed by atoms with E-state index in [1.807, 2.05) is 0 Å². The van der Waals surface area contributed by atoms with Gasteiger partial charge in [0.1, 0.15) is 0 Å². The summed E-state index contributed by atoms with van der Waals surface area (Å²) >= 11 is 0. The summed E-state index contributed by atoms with van der Waals surface area (Å²) in [4.78, 5) is 14.4. The van der Waals surface area contributed by atoms with E-state index in [0.29, 0.717) is 18.4 Å². The third-order valence-corrected chi connectivity index (χ3v) is 4.98. The molecule has 0 aromatic rings. The Morgan fingerprint density at radius 1 is 1.27 bits per heavy atom. The smallest absolute Gasteiger partial charge is 0.220 e. The molecule has 0 aromatic carbocycles. The Morgan fingerprint density at radius 3 is 2.55 bits per heavy atom. The van der Waals surface area contributed by atoms with Crippen molar-refractivity contribution in [2.45, 2.75) is 52.0 Å². The van der Waals surface area contributed by atoms with E-state index < -0.39 is 0 Å². The molecule has 0 radical (unpaired) electrons. The summed E-state index contributed by atoms with van der Waals surface area (Å²) in [5.41, 5.74) is 0. The van der Waals surface area contributed by atoms with Gasteiger partial charge in [0.25, 0.3) is 0 Å². The quantitative estimate of drug-likeness (QED) is 0.770. The van der Waals surface area contributed by atoms with Crippen molar-refractivity contribution in [1.29, 1.82) is 0 Å². The third-order valence-electron chi connectivity index (χ3n) is 4.98. The van der Waals surface area contributed by atoms with Gasteiger partial charge in [0.2, 0.25) is 5.91 Å². The fraction of sp³-hybridized carbons (Fsp3) is 0.938. The van der Waals surface area contributed by atoms with E-state index in [2.05, 4.69) is 29.4 Å². The minimum Gasteiger partial charge on any atom is -0.355 e. The maximum atomic E-state index is 11.9. The SMILES string of the molecule is CC1CCN(C(C)CNC(=O)CCC2CCNC2)CC1.Cl.Cl. The zero-order chi connectivity index (χ0) is 14.4. The Balaban J connectivity index is 0.00000220. The number of hydrogen-bond donors (Lipinski definition) is 2. The average molecular weight is 354 g/mol. The first kappa shape index (κ1) is 22.0. The number of carbonyl (C=O) groups excluding carboxylic acids is 1. The minimum atomic E-state index is 0. The molecule has 2 saturated heterocycles. The summed E-state index contributed by atoms with van der Waals surface area (Å²) < 4.78 is 0. The first-order valence-corrected chi connectivity index (χ1v) is 8.36. The van der Waals surface area contributed by atoms with Crippen molar-refractivity contribution in [3.63, 3.8) is 0 Å². The highest BCUT2D eigenvalue weighted by Crippen LogP contribution is 2.18. The number of nitrogens with zero attached hydrogens (tertiary/aromatic N) is 1. The number of piperidine rings is 1. The lowest BCUT2D eigenvalue weighted by atomic mass is 9.98. The second-order valence-electron chi connectivity index (χ2n) is 6.77. The van der Waals surface area contributed by atoms with Crippen LogP contribution in [-0.2, 0) is 4.79 Å². The third kappa shape index (κ3) is 7.49. The number of amides is 1. The van der Waals surface area contributed by atoms with Gasteiger partial charge in [-0.1, -0.05) is 6.92 Å². The monoisotopic (exact) mass is 353 g/mol. The Bertz CT molecular complexity index is 304. The van der Waals surface area contributed by atoms with E-state index in [4.69, 9.17) is 0 Å². The molecule has 132 valence electrons. The van der Waals surface area contributed by atoms with Crippen molar-refractivity contribution >= 4 is 30.7 Å². The van der Waals surface area contributed by atoms with Crippen LogP contribution in [0.2, 0.25) is 0 Å². The summed E-state index contributed by atoms with van der Waals surface area (Å²) in [6, 6.07) is 0.472. The van der Waals surface area contributed by atoms with Crippen molar-refractivity contribution < 1.29 is 4.79 Å². The molecule has 0 aromatic heterocycles. The van der Waals surface area contributed by atoms with Gasteiger partial charge in [-0.15, -0.1) is 24.8 Å². The molecule has 0 bridgehead atoms. The van der Waals surface area contributed by atoms with Crippen molar-refractivity contribution in [2.75, 3.05) is 32.7 Å². The van der Waals surface area contributed by atoms with Crippen LogP contribution in [0.25, 0.3) is 0 Å². The van der Waals surface area contributed by atoms with Crippen LogP contribution in [0.15, 0.2) is 0 Å². The first-order chi connectivity index (χ1) is 9.65. The topological polar surface area (TPSA) is 44.4 Å². The number of nitrogens with one attached hydrogen (secondary N) is 2. The molecule has 2 unspecified atom stereocenters. The maximum absolute atomic E-state index is 11.9. The lowest BCUT2D eigenvalue weighted by Crippen LogP contribution is -2.45. The minimum absolute atomic E-state index is 0. The van der Waals surface area contributed by atoms with Crippen molar-refractivity contribution in [3.8, 4) is 0 Å². The van der Waals surface area contributed by atoms with E-state index in [0.717, 1.165) is 32.0 Å². The lowest BCUT2D eigenvalue weighted by Gasteiger charge is -2.35. The maximum Gasteiger partial charge on any atom is 0.220 e. The highest BCUT2D eigenvalue weighted by molar-refractivity contribution is 5.85. The predicted octanol–water partition coefficient (Wildman–Crippen LogP) is 2.46. The Morgan fingerprint density at radius 2 is 1.95 bits per heavy atom. The molecule has 2 aliphatic heterocycles. The molecule has 2 aliphatic rings. The van der Waals surface area contributed by atoms with Crippen LogP contribution < -0.4 is 10.6 Å². The molecule has 2 rings (SSSR count). The fourth-order valence-electron chi connectivity index (χ4n) is 3.24. The molecule has 6 heteroatoms. The summed E-state index contributed by atoms with van der Waals surface area (Å²) in [5, 5.41) is 6.47. The van der Waals surface area contributed by atoms with Gasteiger partial charge in [0, 0.05) is 19.0 Å². The van der Waals surface area contributed by atoms with E-state index in [1.165, 1.54) is 32.4 Å². The van der Waals surface area contributed by atoms with E-state index in [9.17, 15) is 4.79 Å². The molecular formula is C16H33Cl2N3O. The first-order valence-electron chi connectivity index (χ1n) is 8.36. The lowest BCUT2D eigenvalue weighted by molar-refractivity contribution is -0.121. The molecule has 4 nitrogen and oxygen atoms in total. The van der Waals surface area contributed by atoms with Crippen molar-refractivity contribution in [2.24, 2.45) is 11.8 Å².